The van der Waals surface area contributed by atoms with Gasteiger partial charge in [-0.05, 0) is 55.8 Å². The van der Waals surface area contributed by atoms with Crippen LogP contribution in [0.1, 0.15) is 46.0 Å². The van der Waals surface area contributed by atoms with Gasteiger partial charge >= 0.3 is 0 Å². The molecule has 13 heavy (non-hydrogen) atoms. The molecular formula is C12H22O. The van der Waals surface area contributed by atoms with Gasteiger partial charge in [0.25, 0.3) is 0 Å². The average Bonchev–Trinajstić information content (AvgIpc) is 2.69. The molecule has 0 aromatic rings. The first-order chi connectivity index (χ1) is 6.16. The summed E-state index contributed by atoms with van der Waals surface area (Å²) in [6, 6.07) is 0. The lowest BCUT2D eigenvalue weighted by Crippen LogP contribution is -2.19. The molecular weight excluding hydrogens is 160 g/mol. The number of rotatable bonds is 4. The van der Waals surface area contributed by atoms with Gasteiger partial charge in [-0.15, -0.1) is 0 Å². The minimum absolute atomic E-state index is 0.00944. The largest absolute Gasteiger partial charge is 0.393 e. The van der Waals surface area contributed by atoms with Gasteiger partial charge < -0.3 is 5.11 Å². The van der Waals surface area contributed by atoms with Crippen molar-refractivity contribution >= 4 is 0 Å². The highest BCUT2D eigenvalue weighted by Crippen LogP contribution is 2.55. The highest BCUT2D eigenvalue weighted by Gasteiger charge is 2.47. The summed E-state index contributed by atoms with van der Waals surface area (Å²) in [6.45, 7) is 4.47. The van der Waals surface area contributed by atoms with Crippen LogP contribution in [-0.4, -0.2) is 11.2 Å². The molecule has 0 bridgehead atoms. The molecule has 0 aliphatic heterocycles. The number of aliphatic hydroxyl groups excluding tert-OH is 1. The van der Waals surface area contributed by atoms with E-state index in [0.717, 1.165) is 24.2 Å². The topological polar surface area (TPSA) is 20.2 Å². The van der Waals surface area contributed by atoms with Crippen molar-refractivity contribution < 1.29 is 5.11 Å². The number of hydrogen-bond acceptors (Lipinski definition) is 1. The van der Waals surface area contributed by atoms with Crippen LogP contribution in [0.2, 0.25) is 0 Å². The van der Waals surface area contributed by atoms with E-state index in [-0.39, 0.29) is 6.10 Å². The quantitative estimate of drug-likeness (QED) is 0.709. The van der Waals surface area contributed by atoms with Crippen molar-refractivity contribution in [2.45, 2.75) is 52.1 Å². The molecule has 0 radical (unpaired) electrons. The highest BCUT2D eigenvalue weighted by atomic mass is 16.3. The summed E-state index contributed by atoms with van der Waals surface area (Å²) in [5, 5.41) is 9.94. The van der Waals surface area contributed by atoms with E-state index in [9.17, 15) is 5.11 Å². The summed E-state index contributed by atoms with van der Waals surface area (Å²) in [7, 11) is 0. The van der Waals surface area contributed by atoms with E-state index in [2.05, 4.69) is 13.8 Å². The Morgan fingerprint density at radius 2 is 1.69 bits per heavy atom. The first-order valence-corrected chi connectivity index (χ1v) is 5.85. The molecule has 0 saturated heterocycles. The summed E-state index contributed by atoms with van der Waals surface area (Å²) < 4.78 is 0. The van der Waals surface area contributed by atoms with E-state index in [4.69, 9.17) is 0 Å². The van der Waals surface area contributed by atoms with Gasteiger partial charge in [-0.2, -0.15) is 0 Å². The third-order valence-electron chi connectivity index (χ3n) is 3.86. The van der Waals surface area contributed by atoms with Crippen LogP contribution < -0.4 is 0 Å². The molecule has 3 unspecified atom stereocenters. The first kappa shape index (κ1) is 9.51. The molecule has 2 fully saturated rings. The average molecular weight is 182 g/mol. The van der Waals surface area contributed by atoms with Crippen LogP contribution in [-0.2, 0) is 0 Å². The van der Waals surface area contributed by atoms with E-state index >= 15 is 0 Å². The number of fused-ring (bicyclic) bond motifs is 1. The molecule has 0 heterocycles. The van der Waals surface area contributed by atoms with Crippen LogP contribution in [0.15, 0.2) is 0 Å². The summed E-state index contributed by atoms with van der Waals surface area (Å²) in [5.74, 6) is 3.42. The lowest BCUT2D eigenvalue weighted by atomic mass is 9.92. The van der Waals surface area contributed by atoms with Gasteiger partial charge in [-0.1, -0.05) is 13.8 Å². The Bertz CT molecular complexity index is 166. The predicted octanol–water partition coefficient (Wildman–Crippen LogP) is 2.83. The number of hydrogen-bond donors (Lipinski definition) is 1. The fourth-order valence-corrected chi connectivity index (χ4v) is 2.82. The first-order valence-electron chi connectivity index (χ1n) is 5.85. The molecule has 76 valence electrons. The van der Waals surface area contributed by atoms with E-state index < -0.39 is 0 Å². The van der Waals surface area contributed by atoms with Crippen molar-refractivity contribution in [1.82, 2.24) is 0 Å². The second kappa shape index (κ2) is 3.61. The molecule has 3 atom stereocenters. The van der Waals surface area contributed by atoms with Crippen LogP contribution in [0.25, 0.3) is 0 Å². The van der Waals surface area contributed by atoms with Crippen LogP contribution in [0.5, 0.6) is 0 Å². The van der Waals surface area contributed by atoms with Gasteiger partial charge in [0.2, 0.25) is 0 Å². The van der Waals surface area contributed by atoms with Crippen LogP contribution in [0.4, 0.5) is 0 Å². The van der Waals surface area contributed by atoms with Crippen molar-refractivity contribution in [3.63, 3.8) is 0 Å². The Morgan fingerprint density at radius 1 is 1.08 bits per heavy atom. The second-order valence-electron chi connectivity index (χ2n) is 5.53. The van der Waals surface area contributed by atoms with Gasteiger partial charge in [0.05, 0.1) is 6.10 Å². The summed E-state index contributed by atoms with van der Waals surface area (Å²) >= 11 is 0. The zero-order valence-electron chi connectivity index (χ0n) is 8.87. The van der Waals surface area contributed by atoms with Crippen molar-refractivity contribution in [3.05, 3.63) is 0 Å². The minimum Gasteiger partial charge on any atom is -0.393 e. The third kappa shape index (κ3) is 2.25. The molecule has 2 rings (SSSR count). The summed E-state index contributed by atoms with van der Waals surface area (Å²) in [5.41, 5.74) is 0. The van der Waals surface area contributed by atoms with Gasteiger partial charge in [-0.25, -0.2) is 0 Å². The highest BCUT2D eigenvalue weighted by molar-refractivity contribution is 4.97. The molecule has 0 aromatic carbocycles. The standard InChI is InChI=1S/C12H22O/c1-8(2)3-4-12(13)11-6-9-5-10(9)7-11/h8-13H,3-7H2,1-2H3. The third-order valence-corrected chi connectivity index (χ3v) is 3.86. The maximum Gasteiger partial charge on any atom is 0.0568 e. The fraction of sp³-hybridized carbons (Fsp3) is 1.00. The Balaban J connectivity index is 1.68. The van der Waals surface area contributed by atoms with Crippen molar-refractivity contribution in [2.75, 3.05) is 0 Å². The van der Waals surface area contributed by atoms with Crippen LogP contribution in [0, 0.1) is 23.7 Å². The van der Waals surface area contributed by atoms with E-state index in [1.54, 1.807) is 0 Å². The molecule has 1 nitrogen and oxygen atoms in total. The molecule has 0 spiro atoms. The Labute approximate surface area is 81.5 Å². The summed E-state index contributed by atoms with van der Waals surface area (Å²) in [6.07, 6.45) is 6.34. The number of aliphatic hydroxyl groups is 1. The van der Waals surface area contributed by atoms with Crippen molar-refractivity contribution in [2.24, 2.45) is 23.7 Å². The zero-order valence-corrected chi connectivity index (χ0v) is 8.87. The van der Waals surface area contributed by atoms with Gasteiger partial charge in [0.1, 0.15) is 0 Å². The monoisotopic (exact) mass is 182 g/mol. The summed E-state index contributed by atoms with van der Waals surface area (Å²) in [4.78, 5) is 0. The van der Waals surface area contributed by atoms with E-state index in [1.165, 1.54) is 25.7 Å². The zero-order chi connectivity index (χ0) is 9.42. The lowest BCUT2D eigenvalue weighted by molar-refractivity contribution is 0.0897. The Hall–Kier alpha value is -0.0400. The van der Waals surface area contributed by atoms with E-state index in [1.807, 2.05) is 0 Å². The molecule has 1 N–H and O–H groups in total. The maximum atomic E-state index is 9.94. The predicted molar refractivity (Wildman–Crippen MR) is 54.4 cm³/mol. The van der Waals surface area contributed by atoms with Gasteiger partial charge in [0, 0.05) is 0 Å². The van der Waals surface area contributed by atoms with Crippen LogP contribution >= 0.6 is 0 Å². The smallest absolute Gasteiger partial charge is 0.0568 e. The Morgan fingerprint density at radius 3 is 2.23 bits per heavy atom. The van der Waals surface area contributed by atoms with Gasteiger partial charge in [0.15, 0.2) is 0 Å². The molecule has 2 aliphatic carbocycles. The SMILES string of the molecule is CC(C)CCC(O)C1CC2CC2C1. The van der Waals surface area contributed by atoms with Crippen molar-refractivity contribution in [3.8, 4) is 0 Å². The molecule has 2 aliphatic rings. The fourth-order valence-electron chi connectivity index (χ4n) is 2.82. The lowest BCUT2D eigenvalue weighted by Gasteiger charge is -2.20. The van der Waals surface area contributed by atoms with E-state index in [0.29, 0.717) is 5.92 Å². The normalized spacial score (nSPS) is 39.2. The molecule has 0 aromatic heterocycles. The van der Waals surface area contributed by atoms with Gasteiger partial charge in [-0.3, -0.25) is 0 Å². The van der Waals surface area contributed by atoms with Crippen LogP contribution in [0.3, 0.4) is 0 Å². The second-order valence-corrected chi connectivity index (χ2v) is 5.53. The minimum atomic E-state index is 0.00944. The molecule has 0 amide bonds. The Kier molecular flexibility index (Phi) is 2.64. The molecule has 1 heteroatoms. The molecule has 2 saturated carbocycles. The van der Waals surface area contributed by atoms with Crippen molar-refractivity contribution in [1.29, 1.82) is 0 Å². The maximum absolute atomic E-state index is 9.94.